The lowest BCUT2D eigenvalue weighted by molar-refractivity contribution is 0.349. The van der Waals surface area contributed by atoms with Gasteiger partial charge in [-0.05, 0) is 24.7 Å². The molecule has 0 N–H and O–H groups in total. The van der Waals surface area contributed by atoms with Gasteiger partial charge < -0.3 is 0 Å². The molecule has 0 spiro atoms. The molecule has 10 heavy (non-hydrogen) atoms. The smallest absolute Gasteiger partial charge is 0.0282 e. The van der Waals surface area contributed by atoms with Gasteiger partial charge >= 0.3 is 0 Å². The van der Waals surface area contributed by atoms with E-state index in [4.69, 9.17) is 11.6 Å². The van der Waals surface area contributed by atoms with E-state index in [9.17, 15) is 0 Å². The third-order valence-electron chi connectivity index (χ3n) is 2.53. The van der Waals surface area contributed by atoms with Crippen LogP contribution in [0.3, 0.4) is 0 Å². The standard InChI is InChI=1S/C9H15Cl/c1-2-5-9(8-10)6-3-4-7-9/h2H,1,3-8H2. The van der Waals surface area contributed by atoms with Crippen LogP contribution < -0.4 is 0 Å². The first-order chi connectivity index (χ1) is 4.83. The molecule has 0 aromatic rings. The topological polar surface area (TPSA) is 0 Å². The van der Waals surface area contributed by atoms with Crippen LogP contribution in [0.5, 0.6) is 0 Å². The molecule has 0 aromatic carbocycles. The van der Waals surface area contributed by atoms with E-state index < -0.39 is 0 Å². The highest BCUT2D eigenvalue weighted by atomic mass is 35.5. The van der Waals surface area contributed by atoms with E-state index in [1.54, 1.807) is 0 Å². The second-order valence-electron chi connectivity index (χ2n) is 3.33. The zero-order valence-electron chi connectivity index (χ0n) is 6.41. The van der Waals surface area contributed by atoms with Crippen molar-refractivity contribution in [1.29, 1.82) is 0 Å². The molecule has 0 nitrogen and oxygen atoms in total. The maximum Gasteiger partial charge on any atom is 0.0282 e. The minimum atomic E-state index is 0.434. The Morgan fingerprint density at radius 2 is 2.00 bits per heavy atom. The number of hydrogen-bond donors (Lipinski definition) is 0. The fourth-order valence-corrected chi connectivity index (χ4v) is 2.20. The molecule has 1 fully saturated rings. The van der Waals surface area contributed by atoms with Gasteiger partial charge in [0.05, 0.1) is 0 Å². The number of hydrogen-bond acceptors (Lipinski definition) is 0. The lowest BCUT2D eigenvalue weighted by atomic mass is 9.85. The van der Waals surface area contributed by atoms with Crippen molar-refractivity contribution in [3.05, 3.63) is 12.7 Å². The molecule has 0 saturated heterocycles. The summed E-state index contributed by atoms with van der Waals surface area (Å²) in [4.78, 5) is 0. The summed E-state index contributed by atoms with van der Waals surface area (Å²) in [6.07, 6.45) is 8.45. The van der Waals surface area contributed by atoms with Crippen LogP contribution in [-0.4, -0.2) is 5.88 Å². The molecule has 0 radical (unpaired) electrons. The molecular weight excluding hydrogens is 144 g/mol. The first-order valence-electron chi connectivity index (χ1n) is 4.00. The average Bonchev–Trinajstić information content (AvgIpc) is 2.39. The van der Waals surface area contributed by atoms with E-state index in [2.05, 4.69) is 6.58 Å². The third-order valence-corrected chi connectivity index (χ3v) is 3.09. The van der Waals surface area contributed by atoms with Crippen molar-refractivity contribution in [2.75, 3.05) is 5.88 Å². The summed E-state index contributed by atoms with van der Waals surface area (Å²) >= 11 is 5.90. The van der Waals surface area contributed by atoms with E-state index in [0.29, 0.717) is 5.41 Å². The summed E-state index contributed by atoms with van der Waals surface area (Å²) in [6.45, 7) is 3.76. The molecule has 0 aliphatic heterocycles. The average molecular weight is 159 g/mol. The van der Waals surface area contributed by atoms with Gasteiger partial charge in [0, 0.05) is 5.88 Å². The summed E-state index contributed by atoms with van der Waals surface area (Å²) in [5.74, 6) is 0.818. The van der Waals surface area contributed by atoms with Crippen molar-refractivity contribution in [1.82, 2.24) is 0 Å². The van der Waals surface area contributed by atoms with Crippen LogP contribution in [0.25, 0.3) is 0 Å². The van der Waals surface area contributed by atoms with Crippen molar-refractivity contribution in [2.24, 2.45) is 5.41 Å². The molecule has 0 aromatic heterocycles. The highest BCUT2D eigenvalue weighted by molar-refractivity contribution is 6.18. The second-order valence-corrected chi connectivity index (χ2v) is 3.60. The molecule has 58 valence electrons. The SMILES string of the molecule is C=CCC1(CCl)CCCC1. The van der Waals surface area contributed by atoms with Crippen LogP contribution in [0.4, 0.5) is 0 Å². The van der Waals surface area contributed by atoms with E-state index in [-0.39, 0.29) is 0 Å². The quantitative estimate of drug-likeness (QED) is 0.437. The van der Waals surface area contributed by atoms with Crippen LogP contribution in [0, 0.1) is 5.41 Å². The molecule has 0 amide bonds. The Kier molecular flexibility index (Phi) is 2.79. The Balaban J connectivity index is 2.48. The summed E-state index contributed by atoms with van der Waals surface area (Å²) in [5.41, 5.74) is 0.434. The van der Waals surface area contributed by atoms with E-state index in [0.717, 1.165) is 12.3 Å². The molecular formula is C9H15Cl. The van der Waals surface area contributed by atoms with E-state index >= 15 is 0 Å². The zero-order chi connectivity index (χ0) is 7.45. The Morgan fingerprint density at radius 1 is 1.40 bits per heavy atom. The van der Waals surface area contributed by atoms with Crippen molar-refractivity contribution >= 4 is 11.6 Å². The van der Waals surface area contributed by atoms with Gasteiger partial charge in [0.15, 0.2) is 0 Å². The first-order valence-corrected chi connectivity index (χ1v) is 4.53. The van der Waals surface area contributed by atoms with Crippen LogP contribution in [0.2, 0.25) is 0 Å². The fourth-order valence-electron chi connectivity index (χ4n) is 1.82. The summed E-state index contributed by atoms with van der Waals surface area (Å²) in [5, 5.41) is 0. The Hall–Kier alpha value is 0.0300. The number of rotatable bonds is 3. The summed E-state index contributed by atoms with van der Waals surface area (Å²) in [7, 11) is 0. The predicted molar refractivity (Wildman–Crippen MR) is 46.4 cm³/mol. The molecule has 0 bridgehead atoms. The van der Waals surface area contributed by atoms with E-state index in [1.807, 2.05) is 6.08 Å². The highest BCUT2D eigenvalue weighted by Gasteiger charge is 2.31. The van der Waals surface area contributed by atoms with Gasteiger partial charge in [-0.3, -0.25) is 0 Å². The lowest BCUT2D eigenvalue weighted by Gasteiger charge is -2.23. The van der Waals surface area contributed by atoms with Gasteiger partial charge in [-0.15, -0.1) is 18.2 Å². The Bertz CT molecular complexity index is 112. The number of halogens is 1. The van der Waals surface area contributed by atoms with Crippen molar-refractivity contribution < 1.29 is 0 Å². The molecule has 0 unspecified atom stereocenters. The first kappa shape index (κ1) is 8.13. The van der Waals surface area contributed by atoms with Gasteiger partial charge in [-0.2, -0.15) is 0 Å². The van der Waals surface area contributed by atoms with Gasteiger partial charge in [0.2, 0.25) is 0 Å². The normalized spacial score (nSPS) is 22.9. The van der Waals surface area contributed by atoms with Crippen molar-refractivity contribution in [2.45, 2.75) is 32.1 Å². The van der Waals surface area contributed by atoms with Crippen LogP contribution in [-0.2, 0) is 0 Å². The highest BCUT2D eigenvalue weighted by Crippen LogP contribution is 2.42. The molecule has 1 aliphatic rings. The largest absolute Gasteiger partial charge is 0.126 e. The van der Waals surface area contributed by atoms with Crippen molar-refractivity contribution in [3.63, 3.8) is 0 Å². The van der Waals surface area contributed by atoms with Crippen LogP contribution in [0.1, 0.15) is 32.1 Å². The molecule has 0 atom stereocenters. The number of alkyl halides is 1. The second kappa shape index (κ2) is 3.43. The zero-order valence-corrected chi connectivity index (χ0v) is 7.16. The maximum absolute atomic E-state index is 5.90. The molecule has 1 aliphatic carbocycles. The summed E-state index contributed by atoms with van der Waals surface area (Å²) in [6, 6.07) is 0. The molecule has 1 saturated carbocycles. The van der Waals surface area contributed by atoms with Crippen LogP contribution in [0.15, 0.2) is 12.7 Å². The Morgan fingerprint density at radius 3 is 2.40 bits per heavy atom. The van der Waals surface area contributed by atoms with Gasteiger partial charge in [0.1, 0.15) is 0 Å². The minimum absolute atomic E-state index is 0.434. The molecule has 0 heterocycles. The van der Waals surface area contributed by atoms with Gasteiger partial charge in [0.25, 0.3) is 0 Å². The van der Waals surface area contributed by atoms with Gasteiger partial charge in [-0.25, -0.2) is 0 Å². The predicted octanol–water partition coefficient (Wildman–Crippen LogP) is 3.36. The fraction of sp³-hybridized carbons (Fsp3) is 0.778. The summed E-state index contributed by atoms with van der Waals surface area (Å²) < 4.78 is 0. The van der Waals surface area contributed by atoms with Crippen molar-refractivity contribution in [3.8, 4) is 0 Å². The monoisotopic (exact) mass is 158 g/mol. The molecule has 1 heteroatoms. The molecule has 1 rings (SSSR count). The maximum atomic E-state index is 5.90. The van der Waals surface area contributed by atoms with E-state index in [1.165, 1.54) is 25.7 Å². The number of allylic oxidation sites excluding steroid dienone is 1. The van der Waals surface area contributed by atoms with Crippen LogP contribution >= 0.6 is 11.6 Å². The third kappa shape index (κ3) is 1.54. The lowest BCUT2D eigenvalue weighted by Crippen LogP contribution is -2.16. The Labute approximate surface area is 68.3 Å². The minimum Gasteiger partial charge on any atom is -0.126 e. The van der Waals surface area contributed by atoms with Gasteiger partial charge in [-0.1, -0.05) is 18.9 Å².